The van der Waals surface area contributed by atoms with Crippen molar-refractivity contribution in [2.24, 2.45) is 0 Å². The summed E-state index contributed by atoms with van der Waals surface area (Å²) in [5.74, 6) is -0.868. The van der Waals surface area contributed by atoms with Crippen LogP contribution < -0.4 is 0 Å². The summed E-state index contributed by atoms with van der Waals surface area (Å²) in [5.41, 5.74) is 0. The fourth-order valence-corrected chi connectivity index (χ4v) is 7.42. The van der Waals surface area contributed by atoms with Gasteiger partial charge in [0.05, 0.1) is 0 Å². The Morgan fingerprint density at radius 3 is 0.930 bits per heavy atom. The molecular weight excluding hydrogens is 709 g/mol. The number of hydrogen-bond donors (Lipinski definition) is 0. The van der Waals surface area contributed by atoms with E-state index in [9.17, 15) is 14.4 Å². The van der Waals surface area contributed by atoms with Crippen LogP contribution in [0.25, 0.3) is 0 Å². The van der Waals surface area contributed by atoms with Gasteiger partial charge >= 0.3 is 17.9 Å². The molecule has 0 saturated heterocycles. The molecule has 0 aromatic carbocycles. The minimum atomic E-state index is -0.766. The van der Waals surface area contributed by atoms with Crippen molar-refractivity contribution in [3.8, 4) is 0 Å². The molecule has 0 radical (unpaired) electrons. The Labute approximate surface area is 354 Å². The molecule has 0 rings (SSSR count). The minimum Gasteiger partial charge on any atom is -0.462 e. The second-order valence-electron chi connectivity index (χ2n) is 17.1. The van der Waals surface area contributed by atoms with Crippen LogP contribution in [0.5, 0.6) is 0 Å². The number of ether oxygens (including phenoxy) is 3. The average molecular weight is 805 g/mol. The number of allylic oxidation sites excluding steroid dienone is 2. The van der Waals surface area contributed by atoms with Crippen molar-refractivity contribution in [3.05, 3.63) is 12.2 Å². The monoisotopic (exact) mass is 805 g/mol. The molecule has 0 aromatic rings. The molecule has 6 heteroatoms. The lowest BCUT2D eigenvalue weighted by molar-refractivity contribution is -0.167. The van der Waals surface area contributed by atoms with Crippen molar-refractivity contribution < 1.29 is 28.6 Å². The Balaban J connectivity index is 4.21. The van der Waals surface area contributed by atoms with Crippen LogP contribution in [0.3, 0.4) is 0 Å². The largest absolute Gasteiger partial charge is 0.462 e. The van der Waals surface area contributed by atoms with Crippen LogP contribution in [0.1, 0.15) is 278 Å². The maximum Gasteiger partial charge on any atom is 0.306 e. The molecule has 0 aliphatic heterocycles. The number of unbranched alkanes of at least 4 members (excludes halogenated alkanes) is 33. The van der Waals surface area contributed by atoms with E-state index in [1.807, 2.05) is 0 Å². The molecular formula is C51H96O6. The average Bonchev–Trinajstić information content (AvgIpc) is 3.21. The van der Waals surface area contributed by atoms with Crippen molar-refractivity contribution in [1.29, 1.82) is 0 Å². The van der Waals surface area contributed by atoms with Gasteiger partial charge in [-0.3, -0.25) is 14.4 Å². The van der Waals surface area contributed by atoms with Crippen molar-refractivity contribution in [1.82, 2.24) is 0 Å². The van der Waals surface area contributed by atoms with Crippen LogP contribution >= 0.6 is 0 Å². The minimum absolute atomic E-state index is 0.0687. The van der Waals surface area contributed by atoms with E-state index < -0.39 is 6.10 Å². The molecule has 0 aliphatic carbocycles. The molecule has 0 amide bonds. The molecule has 1 atom stereocenters. The highest BCUT2D eigenvalue weighted by Crippen LogP contribution is 2.16. The van der Waals surface area contributed by atoms with Crippen LogP contribution in [0, 0.1) is 0 Å². The fraction of sp³-hybridized carbons (Fsp3) is 0.902. The Kier molecular flexibility index (Phi) is 45.3. The summed E-state index contributed by atoms with van der Waals surface area (Å²) < 4.78 is 16.7. The molecule has 0 N–H and O–H groups in total. The molecule has 336 valence electrons. The zero-order chi connectivity index (χ0) is 41.5. The summed E-state index contributed by atoms with van der Waals surface area (Å²) in [6.45, 7) is 6.60. The zero-order valence-corrected chi connectivity index (χ0v) is 38.4. The number of rotatable bonds is 46. The second-order valence-corrected chi connectivity index (χ2v) is 17.1. The van der Waals surface area contributed by atoms with E-state index >= 15 is 0 Å². The van der Waals surface area contributed by atoms with Crippen molar-refractivity contribution in [2.75, 3.05) is 13.2 Å². The second kappa shape index (κ2) is 46.8. The lowest BCUT2D eigenvalue weighted by Crippen LogP contribution is -2.30. The first kappa shape index (κ1) is 55.2. The maximum atomic E-state index is 12.7. The zero-order valence-electron chi connectivity index (χ0n) is 38.4. The van der Waals surface area contributed by atoms with Gasteiger partial charge in [-0.15, -0.1) is 0 Å². The Bertz CT molecular complexity index is 885. The van der Waals surface area contributed by atoms with Crippen LogP contribution in [0.15, 0.2) is 12.2 Å². The van der Waals surface area contributed by atoms with Gasteiger partial charge in [0.1, 0.15) is 13.2 Å². The van der Waals surface area contributed by atoms with E-state index in [0.717, 1.165) is 64.2 Å². The third-order valence-corrected chi connectivity index (χ3v) is 11.3. The molecule has 0 aromatic heterocycles. The summed E-state index contributed by atoms with van der Waals surface area (Å²) in [6, 6.07) is 0. The highest BCUT2D eigenvalue weighted by molar-refractivity contribution is 5.71. The van der Waals surface area contributed by atoms with Crippen LogP contribution in [-0.4, -0.2) is 37.2 Å². The van der Waals surface area contributed by atoms with Gasteiger partial charge in [0, 0.05) is 19.3 Å². The Morgan fingerprint density at radius 2 is 0.596 bits per heavy atom. The van der Waals surface area contributed by atoms with Gasteiger partial charge in [-0.1, -0.05) is 232 Å². The highest BCUT2D eigenvalue weighted by atomic mass is 16.6. The van der Waals surface area contributed by atoms with E-state index in [2.05, 4.69) is 32.9 Å². The van der Waals surface area contributed by atoms with Crippen LogP contribution in [0.2, 0.25) is 0 Å². The third-order valence-electron chi connectivity index (χ3n) is 11.3. The van der Waals surface area contributed by atoms with Gasteiger partial charge < -0.3 is 14.2 Å². The highest BCUT2D eigenvalue weighted by Gasteiger charge is 2.19. The SMILES string of the molecule is CCCC/C=C\CCCCCCCC(=O)O[C@H](COC(=O)CCCCCCCCCCC)COC(=O)CCCCCCCCCCCCCCCCCCCCC. The molecule has 0 aliphatic rings. The standard InChI is InChI=1S/C51H96O6/c1-4-7-10-13-16-19-21-22-23-24-25-26-27-28-30-32-35-38-41-44-50(53)56-47-48(46-55-49(52)43-40-37-34-31-18-15-12-9-6-3)57-51(54)45-42-39-36-33-29-20-17-14-11-8-5-2/h14,17,48H,4-13,15-16,18-47H2,1-3H3/b17-14-/t48-/m1/s1. The predicted molar refractivity (Wildman–Crippen MR) is 243 cm³/mol. The summed E-state index contributed by atoms with van der Waals surface area (Å²) in [4.78, 5) is 37.8. The van der Waals surface area contributed by atoms with E-state index in [0.29, 0.717) is 19.3 Å². The summed E-state index contributed by atoms with van der Waals surface area (Å²) in [7, 11) is 0. The molecule has 57 heavy (non-hydrogen) atoms. The first-order valence-electron chi connectivity index (χ1n) is 25.2. The summed E-state index contributed by atoms with van der Waals surface area (Å²) >= 11 is 0. The number of carbonyl (C=O) groups excluding carboxylic acids is 3. The Morgan fingerprint density at radius 1 is 0.333 bits per heavy atom. The van der Waals surface area contributed by atoms with E-state index in [-0.39, 0.29) is 31.1 Å². The van der Waals surface area contributed by atoms with E-state index in [1.165, 1.54) is 173 Å². The maximum absolute atomic E-state index is 12.7. The molecule has 0 fully saturated rings. The predicted octanol–water partition coefficient (Wildman–Crippen LogP) is 16.2. The smallest absolute Gasteiger partial charge is 0.306 e. The topological polar surface area (TPSA) is 78.9 Å². The quantitative estimate of drug-likeness (QED) is 0.0264. The molecule has 6 nitrogen and oxygen atoms in total. The van der Waals surface area contributed by atoms with Crippen molar-refractivity contribution in [2.45, 2.75) is 284 Å². The Hall–Kier alpha value is -1.85. The molecule has 0 bridgehead atoms. The lowest BCUT2D eigenvalue weighted by atomic mass is 10.0. The van der Waals surface area contributed by atoms with Gasteiger partial charge in [0.15, 0.2) is 6.10 Å². The third kappa shape index (κ3) is 45.1. The van der Waals surface area contributed by atoms with Gasteiger partial charge in [0.25, 0.3) is 0 Å². The summed E-state index contributed by atoms with van der Waals surface area (Å²) in [5, 5.41) is 0. The number of esters is 3. The molecule has 0 heterocycles. The first-order valence-corrected chi connectivity index (χ1v) is 25.2. The molecule has 0 unspecified atom stereocenters. The van der Waals surface area contributed by atoms with Crippen molar-refractivity contribution in [3.63, 3.8) is 0 Å². The lowest BCUT2D eigenvalue weighted by Gasteiger charge is -2.18. The van der Waals surface area contributed by atoms with Gasteiger partial charge in [0.2, 0.25) is 0 Å². The first-order chi connectivity index (χ1) is 28.0. The van der Waals surface area contributed by atoms with E-state index in [4.69, 9.17) is 14.2 Å². The number of carbonyl (C=O) groups is 3. The normalized spacial score (nSPS) is 12.0. The van der Waals surface area contributed by atoms with E-state index in [1.54, 1.807) is 0 Å². The molecule has 0 saturated carbocycles. The van der Waals surface area contributed by atoms with Gasteiger partial charge in [-0.05, 0) is 38.5 Å². The van der Waals surface area contributed by atoms with Gasteiger partial charge in [-0.25, -0.2) is 0 Å². The van der Waals surface area contributed by atoms with Crippen molar-refractivity contribution >= 4 is 17.9 Å². The van der Waals surface area contributed by atoms with Crippen LogP contribution in [0.4, 0.5) is 0 Å². The summed E-state index contributed by atoms with van der Waals surface area (Å²) in [6.07, 6.45) is 50.6. The van der Waals surface area contributed by atoms with Gasteiger partial charge in [-0.2, -0.15) is 0 Å². The molecule has 0 spiro atoms. The fourth-order valence-electron chi connectivity index (χ4n) is 7.42. The number of hydrogen-bond acceptors (Lipinski definition) is 6. The van der Waals surface area contributed by atoms with Crippen LogP contribution in [-0.2, 0) is 28.6 Å².